The zero-order chi connectivity index (χ0) is 12.3. The van der Waals surface area contributed by atoms with Crippen LogP contribution in [0.5, 0.6) is 0 Å². The molecule has 0 radical (unpaired) electrons. The van der Waals surface area contributed by atoms with E-state index in [4.69, 9.17) is 5.11 Å². The van der Waals surface area contributed by atoms with Crippen LogP contribution in [0.4, 0.5) is 4.79 Å². The number of urea groups is 1. The van der Waals surface area contributed by atoms with E-state index < -0.39 is 5.97 Å². The van der Waals surface area contributed by atoms with Crippen molar-refractivity contribution in [1.29, 1.82) is 0 Å². The molecule has 0 unspecified atom stereocenters. The van der Waals surface area contributed by atoms with Gasteiger partial charge in [0.15, 0.2) is 0 Å². The van der Waals surface area contributed by atoms with Gasteiger partial charge in [-0.05, 0) is 12.8 Å². The highest BCUT2D eigenvalue weighted by Crippen LogP contribution is 2.12. The molecule has 2 fully saturated rings. The Morgan fingerprint density at radius 3 is 1.94 bits per heavy atom. The minimum absolute atomic E-state index is 0.0751. The number of carboxylic acid groups (broad SMARTS) is 1. The number of aliphatic carboxylic acids is 1. The molecule has 0 aliphatic carbocycles. The van der Waals surface area contributed by atoms with E-state index in [1.165, 1.54) is 0 Å². The molecular weight excluding hydrogens is 222 g/mol. The predicted octanol–water partition coefficient (Wildman–Crippen LogP) is -0.0956. The first-order valence-corrected chi connectivity index (χ1v) is 6.15. The van der Waals surface area contributed by atoms with E-state index in [0.717, 1.165) is 25.9 Å². The predicted molar refractivity (Wildman–Crippen MR) is 61.9 cm³/mol. The van der Waals surface area contributed by atoms with Gasteiger partial charge in [-0.2, -0.15) is 0 Å². The van der Waals surface area contributed by atoms with Gasteiger partial charge in [0, 0.05) is 39.3 Å². The van der Waals surface area contributed by atoms with E-state index in [2.05, 4.69) is 0 Å². The molecule has 0 aromatic rings. The number of rotatable bonds is 2. The molecule has 2 aliphatic heterocycles. The summed E-state index contributed by atoms with van der Waals surface area (Å²) in [7, 11) is 0. The summed E-state index contributed by atoms with van der Waals surface area (Å²) in [5.74, 6) is -0.802. The van der Waals surface area contributed by atoms with Gasteiger partial charge < -0.3 is 14.9 Å². The van der Waals surface area contributed by atoms with E-state index in [1.807, 2.05) is 14.7 Å². The SMILES string of the molecule is O=C(O)CN1CCN(C(=O)N2CCCC2)CC1. The van der Waals surface area contributed by atoms with Crippen molar-refractivity contribution in [2.75, 3.05) is 45.8 Å². The molecule has 6 heteroatoms. The van der Waals surface area contributed by atoms with Gasteiger partial charge >= 0.3 is 12.0 Å². The first-order chi connectivity index (χ1) is 8.16. The van der Waals surface area contributed by atoms with Gasteiger partial charge in [0.1, 0.15) is 0 Å². The van der Waals surface area contributed by atoms with E-state index in [1.54, 1.807) is 0 Å². The number of hydrogen-bond acceptors (Lipinski definition) is 3. The van der Waals surface area contributed by atoms with Gasteiger partial charge in [0.2, 0.25) is 0 Å². The highest BCUT2D eigenvalue weighted by molar-refractivity contribution is 5.75. The lowest BCUT2D eigenvalue weighted by molar-refractivity contribution is -0.138. The Bertz CT molecular complexity index is 294. The van der Waals surface area contributed by atoms with Gasteiger partial charge in [0.05, 0.1) is 6.54 Å². The van der Waals surface area contributed by atoms with Crippen LogP contribution in [-0.4, -0.2) is 77.6 Å². The summed E-state index contributed by atoms with van der Waals surface area (Å²) in [5.41, 5.74) is 0. The molecule has 2 aliphatic rings. The number of amides is 2. The smallest absolute Gasteiger partial charge is 0.320 e. The van der Waals surface area contributed by atoms with Crippen molar-refractivity contribution in [3.63, 3.8) is 0 Å². The van der Waals surface area contributed by atoms with Gasteiger partial charge in [-0.25, -0.2) is 4.79 Å². The standard InChI is InChI=1S/C11H19N3O3/c15-10(16)9-12-5-7-14(8-6-12)11(17)13-3-1-2-4-13/h1-9H2,(H,15,16). The highest BCUT2D eigenvalue weighted by atomic mass is 16.4. The van der Waals surface area contributed by atoms with Crippen molar-refractivity contribution in [2.24, 2.45) is 0 Å². The second kappa shape index (κ2) is 5.35. The van der Waals surface area contributed by atoms with Crippen molar-refractivity contribution in [3.8, 4) is 0 Å². The van der Waals surface area contributed by atoms with E-state index >= 15 is 0 Å². The van der Waals surface area contributed by atoms with Crippen LogP contribution < -0.4 is 0 Å². The summed E-state index contributed by atoms with van der Waals surface area (Å²) >= 11 is 0. The zero-order valence-corrected chi connectivity index (χ0v) is 9.97. The van der Waals surface area contributed by atoms with E-state index in [-0.39, 0.29) is 12.6 Å². The summed E-state index contributed by atoms with van der Waals surface area (Å²) in [6.07, 6.45) is 2.20. The number of piperazine rings is 1. The normalized spacial score (nSPS) is 21.9. The third-order valence-electron chi connectivity index (χ3n) is 3.38. The van der Waals surface area contributed by atoms with Gasteiger partial charge in [0.25, 0.3) is 0 Å². The maximum atomic E-state index is 12.0. The monoisotopic (exact) mass is 241 g/mol. The van der Waals surface area contributed by atoms with E-state index in [9.17, 15) is 9.59 Å². The Balaban J connectivity index is 1.78. The number of hydrogen-bond donors (Lipinski definition) is 1. The lowest BCUT2D eigenvalue weighted by atomic mass is 10.3. The minimum atomic E-state index is -0.802. The van der Waals surface area contributed by atoms with E-state index in [0.29, 0.717) is 26.2 Å². The highest BCUT2D eigenvalue weighted by Gasteiger charge is 2.27. The van der Waals surface area contributed by atoms with Crippen LogP contribution in [0.2, 0.25) is 0 Å². The van der Waals surface area contributed by atoms with Crippen LogP contribution in [0.1, 0.15) is 12.8 Å². The number of likely N-dealkylation sites (tertiary alicyclic amines) is 1. The average Bonchev–Trinajstić information content (AvgIpc) is 2.82. The molecule has 2 heterocycles. The Hall–Kier alpha value is -1.30. The molecule has 2 rings (SSSR count). The van der Waals surface area contributed by atoms with Gasteiger partial charge in [-0.15, -0.1) is 0 Å². The number of carboxylic acids is 1. The molecule has 0 bridgehead atoms. The third kappa shape index (κ3) is 3.09. The summed E-state index contributed by atoms with van der Waals surface area (Å²) in [6.45, 7) is 4.41. The van der Waals surface area contributed by atoms with Crippen molar-refractivity contribution >= 4 is 12.0 Å². The molecule has 1 N–H and O–H groups in total. The zero-order valence-electron chi connectivity index (χ0n) is 9.97. The second-order valence-electron chi connectivity index (χ2n) is 4.63. The third-order valence-corrected chi connectivity index (χ3v) is 3.38. The molecule has 17 heavy (non-hydrogen) atoms. The Morgan fingerprint density at radius 1 is 0.882 bits per heavy atom. The summed E-state index contributed by atoms with van der Waals surface area (Å²) in [4.78, 5) is 28.2. The van der Waals surface area contributed by atoms with Crippen molar-refractivity contribution < 1.29 is 14.7 Å². The summed E-state index contributed by atoms with van der Waals surface area (Å²) < 4.78 is 0. The minimum Gasteiger partial charge on any atom is -0.480 e. The van der Waals surface area contributed by atoms with Crippen molar-refractivity contribution in [3.05, 3.63) is 0 Å². The van der Waals surface area contributed by atoms with Crippen LogP contribution >= 0.6 is 0 Å². The Labute approximate surface area is 101 Å². The summed E-state index contributed by atoms with van der Waals surface area (Å²) in [6, 6.07) is 0.123. The van der Waals surface area contributed by atoms with Crippen LogP contribution in [0.3, 0.4) is 0 Å². The molecule has 2 amide bonds. The molecule has 0 saturated carbocycles. The van der Waals surface area contributed by atoms with Crippen LogP contribution in [0.15, 0.2) is 0 Å². The fourth-order valence-electron chi connectivity index (χ4n) is 2.40. The van der Waals surface area contributed by atoms with Gasteiger partial charge in [-0.3, -0.25) is 9.69 Å². The van der Waals surface area contributed by atoms with Crippen LogP contribution in [-0.2, 0) is 4.79 Å². The van der Waals surface area contributed by atoms with Crippen LogP contribution in [0, 0.1) is 0 Å². The quantitative estimate of drug-likeness (QED) is 0.733. The number of nitrogens with zero attached hydrogens (tertiary/aromatic N) is 3. The van der Waals surface area contributed by atoms with Crippen molar-refractivity contribution in [2.45, 2.75) is 12.8 Å². The van der Waals surface area contributed by atoms with Crippen molar-refractivity contribution in [1.82, 2.24) is 14.7 Å². The Kier molecular flexibility index (Phi) is 3.83. The molecule has 0 aromatic carbocycles. The first kappa shape index (κ1) is 12.2. The maximum absolute atomic E-state index is 12.0. The number of carbonyl (C=O) groups excluding carboxylic acids is 1. The largest absolute Gasteiger partial charge is 0.480 e. The molecule has 0 atom stereocenters. The topological polar surface area (TPSA) is 64.1 Å². The second-order valence-corrected chi connectivity index (χ2v) is 4.63. The van der Waals surface area contributed by atoms with Crippen LogP contribution in [0.25, 0.3) is 0 Å². The Morgan fingerprint density at radius 2 is 1.41 bits per heavy atom. The fraction of sp³-hybridized carbons (Fsp3) is 0.818. The molecule has 96 valence electrons. The maximum Gasteiger partial charge on any atom is 0.320 e. The molecule has 0 aromatic heterocycles. The number of carbonyl (C=O) groups is 2. The lowest BCUT2D eigenvalue weighted by Crippen LogP contribution is -2.53. The molecule has 0 spiro atoms. The average molecular weight is 241 g/mol. The first-order valence-electron chi connectivity index (χ1n) is 6.15. The lowest BCUT2D eigenvalue weighted by Gasteiger charge is -2.35. The molecular formula is C11H19N3O3. The molecule has 2 saturated heterocycles. The van der Waals surface area contributed by atoms with Gasteiger partial charge in [-0.1, -0.05) is 0 Å². The fourth-order valence-corrected chi connectivity index (χ4v) is 2.40. The summed E-state index contributed by atoms with van der Waals surface area (Å²) in [5, 5.41) is 8.68. The molecule has 6 nitrogen and oxygen atoms in total.